The number of hydrogen-bond donors (Lipinski definition) is 0. The van der Waals surface area contributed by atoms with Gasteiger partial charge < -0.3 is 9.15 Å². The Bertz CT molecular complexity index is 1020. The summed E-state index contributed by atoms with van der Waals surface area (Å²) in [5.41, 5.74) is 2.69. The van der Waals surface area contributed by atoms with Crippen molar-refractivity contribution in [3.63, 3.8) is 0 Å². The highest BCUT2D eigenvalue weighted by Gasteiger charge is 2.32. The average molecular weight is 411 g/mol. The number of hydrazone groups is 1. The van der Waals surface area contributed by atoms with E-state index in [2.05, 4.69) is 10.2 Å². The number of hydrogen-bond acceptors (Lipinski definition) is 7. The minimum Gasteiger partial charge on any atom is -0.466 e. The molecule has 1 atom stereocenters. The number of aromatic nitrogens is 2. The van der Waals surface area contributed by atoms with Gasteiger partial charge in [0.15, 0.2) is 0 Å². The monoisotopic (exact) mass is 410 g/mol. The van der Waals surface area contributed by atoms with Gasteiger partial charge in [0.25, 0.3) is 5.89 Å². The standard InChI is InChI=1S/C21H19ClN4O3/c1-2-28-20(27)13-19-23-24-21(29-19)17-12-18(14-8-10-15(22)11-9-14)26(25-17)16-6-4-3-5-7-16/h3-11,18H,2,12-13H2,1H3. The molecule has 2 aromatic carbocycles. The van der Waals surface area contributed by atoms with Crippen molar-refractivity contribution in [3.8, 4) is 0 Å². The van der Waals surface area contributed by atoms with Gasteiger partial charge >= 0.3 is 5.97 Å². The minimum absolute atomic E-state index is 0.0370. The maximum Gasteiger partial charge on any atom is 0.315 e. The first-order valence-electron chi connectivity index (χ1n) is 9.29. The van der Waals surface area contributed by atoms with E-state index in [9.17, 15) is 4.79 Å². The molecule has 3 aromatic rings. The van der Waals surface area contributed by atoms with E-state index in [1.165, 1.54) is 0 Å². The number of para-hydroxylation sites is 1. The maximum absolute atomic E-state index is 11.6. The molecule has 1 unspecified atom stereocenters. The summed E-state index contributed by atoms with van der Waals surface area (Å²) in [6, 6.07) is 17.5. The first-order valence-corrected chi connectivity index (χ1v) is 9.67. The van der Waals surface area contributed by atoms with Crippen LogP contribution in [0.5, 0.6) is 0 Å². The molecule has 0 amide bonds. The number of carbonyl (C=O) groups is 1. The quantitative estimate of drug-likeness (QED) is 0.567. The number of benzene rings is 2. The molecule has 2 heterocycles. The van der Waals surface area contributed by atoms with Gasteiger partial charge in [-0.05, 0) is 36.8 Å². The maximum atomic E-state index is 11.6. The molecule has 1 aliphatic heterocycles. The summed E-state index contributed by atoms with van der Waals surface area (Å²) in [5, 5.41) is 15.4. The molecule has 0 radical (unpaired) electrons. The number of carbonyl (C=O) groups excluding carboxylic acids is 1. The zero-order valence-electron chi connectivity index (χ0n) is 15.8. The Hall–Kier alpha value is -3.19. The molecule has 4 rings (SSSR count). The van der Waals surface area contributed by atoms with E-state index in [1.807, 2.05) is 59.6 Å². The summed E-state index contributed by atoms with van der Waals surface area (Å²) >= 11 is 6.05. The normalized spacial score (nSPS) is 16.0. The van der Waals surface area contributed by atoms with E-state index in [4.69, 9.17) is 25.9 Å². The number of anilines is 1. The Morgan fingerprint density at radius 1 is 1.17 bits per heavy atom. The number of nitrogens with zero attached hydrogens (tertiary/aromatic N) is 4. The van der Waals surface area contributed by atoms with E-state index in [0.717, 1.165) is 11.3 Å². The number of ether oxygens (including phenoxy) is 1. The molecule has 0 spiro atoms. The number of esters is 1. The molecule has 0 fully saturated rings. The molecule has 29 heavy (non-hydrogen) atoms. The molecule has 1 aromatic heterocycles. The SMILES string of the molecule is CCOC(=O)Cc1nnc(C2=NN(c3ccccc3)C(c3ccc(Cl)cc3)C2)o1. The van der Waals surface area contributed by atoms with Crippen molar-refractivity contribution in [3.05, 3.63) is 77.0 Å². The molecule has 148 valence electrons. The van der Waals surface area contributed by atoms with Gasteiger partial charge in [-0.3, -0.25) is 9.80 Å². The third-order valence-electron chi connectivity index (χ3n) is 4.50. The fourth-order valence-electron chi connectivity index (χ4n) is 3.18. The second kappa shape index (κ2) is 8.45. The highest BCUT2D eigenvalue weighted by Crippen LogP contribution is 2.36. The van der Waals surface area contributed by atoms with Gasteiger partial charge in [0.05, 0.1) is 18.3 Å². The zero-order chi connectivity index (χ0) is 20.2. The predicted octanol–water partition coefficient (Wildman–Crippen LogP) is 4.18. The molecule has 1 aliphatic rings. The largest absolute Gasteiger partial charge is 0.466 e. The molecular weight excluding hydrogens is 392 g/mol. The van der Waals surface area contributed by atoms with Crippen LogP contribution < -0.4 is 5.01 Å². The Labute approximate surface area is 173 Å². The second-order valence-corrected chi connectivity index (χ2v) is 6.92. The smallest absolute Gasteiger partial charge is 0.315 e. The molecule has 7 nitrogen and oxygen atoms in total. The lowest BCUT2D eigenvalue weighted by Crippen LogP contribution is -2.18. The van der Waals surface area contributed by atoms with Crippen LogP contribution in [0.15, 0.2) is 64.1 Å². The molecular formula is C21H19ClN4O3. The number of rotatable bonds is 6. The topological polar surface area (TPSA) is 80.8 Å². The van der Waals surface area contributed by atoms with Gasteiger partial charge in [-0.25, -0.2) is 0 Å². The first kappa shape index (κ1) is 19.1. The van der Waals surface area contributed by atoms with Crippen LogP contribution in [-0.4, -0.2) is 28.5 Å². The van der Waals surface area contributed by atoms with Crippen LogP contribution in [0.2, 0.25) is 5.02 Å². The molecule has 0 bridgehead atoms. The first-order chi connectivity index (χ1) is 14.1. The van der Waals surface area contributed by atoms with Crippen molar-refractivity contribution in [1.82, 2.24) is 10.2 Å². The Morgan fingerprint density at radius 3 is 2.66 bits per heavy atom. The third-order valence-corrected chi connectivity index (χ3v) is 4.75. The Balaban J connectivity index is 1.62. The third kappa shape index (κ3) is 4.30. The summed E-state index contributed by atoms with van der Waals surface area (Å²) in [7, 11) is 0. The van der Waals surface area contributed by atoms with Crippen molar-refractivity contribution in [2.45, 2.75) is 25.8 Å². The van der Waals surface area contributed by atoms with E-state index >= 15 is 0 Å². The molecule has 0 saturated heterocycles. The summed E-state index contributed by atoms with van der Waals surface area (Å²) in [4.78, 5) is 11.6. The average Bonchev–Trinajstić information content (AvgIpc) is 3.37. The fourth-order valence-corrected chi connectivity index (χ4v) is 3.31. The molecule has 0 N–H and O–H groups in total. The van der Waals surface area contributed by atoms with Gasteiger partial charge in [0.2, 0.25) is 5.89 Å². The van der Waals surface area contributed by atoms with Gasteiger partial charge in [-0.1, -0.05) is 41.9 Å². The van der Waals surface area contributed by atoms with Crippen LogP contribution in [0.3, 0.4) is 0 Å². The zero-order valence-corrected chi connectivity index (χ0v) is 16.5. The number of halogens is 1. The lowest BCUT2D eigenvalue weighted by atomic mass is 10.0. The van der Waals surface area contributed by atoms with Gasteiger partial charge in [0.1, 0.15) is 12.1 Å². The minimum atomic E-state index is -0.402. The summed E-state index contributed by atoms with van der Waals surface area (Å²) in [6.45, 7) is 2.06. The highest BCUT2D eigenvalue weighted by molar-refractivity contribution is 6.30. The molecule has 0 saturated carbocycles. The van der Waals surface area contributed by atoms with Crippen molar-refractivity contribution in [2.75, 3.05) is 11.6 Å². The van der Waals surface area contributed by atoms with Crippen LogP contribution in [0, 0.1) is 0 Å². The fraction of sp³-hybridized carbons (Fsp3) is 0.238. The van der Waals surface area contributed by atoms with Crippen molar-refractivity contribution < 1.29 is 13.9 Å². The van der Waals surface area contributed by atoms with Gasteiger partial charge in [-0.2, -0.15) is 5.10 Å². The summed E-state index contributed by atoms with van der Waals surface area (Å²) in [5.74, 6) is 0.116. The Morgan fingerprint density at radius 2 is 1.93 bits per heavy atom. The second-order valence-electron chi connectivity index (χ2n) is 6.48. The molecule has 8 heteroatoms. The van der Waals surface area contributed by atoms with Crippen molar-refractivity contribution in [1.29, 1.82) is 0 Å². The van der Waals surface area contributed by atoms with Crippen LogP contribution in [-0.2, 0) is 16.0 Å². The van der Waals surface area contributed by atoms with Crippen LogP contribution in [0.1, 0.15) is 36.7 Å². The Kier molecular flexibility index (Phi) is 5.57. The van der Waals surface area contributed by atoms with Gasteiger partial charge in [0, 0.05) is 11.4 Å². The summed E-state index contributed by atoms with van der Waals surface area (Å²) in [6.07, 6.45) is 0.523. The van der Waals surface area contributed by atoms with Crippen molar-refractivity contribution in [2.24, 2.45) is 5.10 Å². The van der Waals surface area contributed by atoms with Crippen LogP contribution >= 0.6 is 11.6 Å². The van der Waals surface area contributed by atoms with E-state index < -0.39 is 5.97 Å². The van der Waals surface area contributed by atoms with Crippen LogP contribution in [0.25, 0.3) is 0 Å². The van der Waals surface area contributed by atoms with E-state index in [0.29, 0.717) is 29.7 Å². The van der Waals surface area contributed by atoms with Crippen LogP contribution in [0.4, 0.5) is 5.69 Å². The molecule has 0 aliphatic carbocycles. The lowest BCUT2D eigenvalue weighted by molar-refractivity contribution is -0.142. The van der Waals surface area contributed by atoms with Gasteiger partial charge in [-0.15, -0.1) is 10.2 Å². The predicted molar refractivity (Wildman–Crippen MR) is 109 cm³/mol. The summed E-state index contributed by atoms with van der Waals surface area (Å²) < 4.78 is 10.6. The highest BCUT2D eigenvalue weighted by atomic mass is 35.5. The van der Waals surface area contributed by atoms with E-state index in [-0.39, 0.29) is 18.4 Å². The van der Waals surface area contributed by atoms with E-state index in [1.54, 1.807) is 6.92 Å². The van der Waals surface area contributed by atoms with Crippen molar-refractivity contribution >= 4 is 29.0 Å². The lowest BCUT2D eigenvalue weighted by Gasteiger charge is -2.23.